The minimum atomic E-state index is -0.522. The number of nitro benzene ring substituents is 1. The van der Waals surface area contributed by atoms with Gasteiger partial charge in [0.15, 0.2) is 0 Å². The number of hydrogen-bond donors (Lipinski definition) is 1. The van der Waals surface area contributed by atoms with Crippen molar-refractivity contribution in [3.05, 3.63) is 33.9 Å². The molecule has 1 rings (SSSR count). The zero-order valence-electron chi connectivity index (χ0n) is 9.67. The maximum atomic E-state index is 10.9. The van der Waals surface area contributed by atoms with Gasteiger partial charge in [-0.25, -0.2) is 0 Å². The average Bonchev–Trinajstić information content (AvgIpc) is 2.16. The lowest BCUT2D eigenvalue weighted by atomic mass is 10.1. The summed E-state index contributed by atoms with van der Waals surface area (Å²) in [5.41, 5.74) is 1.44. The van der Waals surface area contributed by atoms with Gasteiger partial charge < -0.3 is 10.0 Å². The summed E-state index contributed by atoms with van der Waals surface area (Å²) >= 11 is 0. The van der Waals surface area contributed by atoms with E-state index in [0.29, 0.717) is 12.2 Å². The van der Waals surface area contributed by atoms with Gasteiger partial charge in [-0.05, 0) is 25.5 Å². The van der Waals surface area contributed by atoms with Crippen LogP contribution in [0, 0.1) is 17.0 Å². The SMILES string of the molecule is Cc1ccc(N(C)CC(C)O)c([N+](=O)[O-])c1. The Morgan fingerprint density at radius 3 is 2.69 bits per heavy atom. The van der Waals surface area contributed by atoms with Gasteiger partial charge in [-0.2, -0.15) is 0 Å². The highest BCUT2D eigenvalue weighted by atomic mass is 16.6. The normalized spacial score (nSPS) is 12.2. The summed E-state index contributed by atoms with van der Waals surface area (Å²) in [4.78, 5) is 12.2. The number of aryl methyl sites for hydroxylation is 1. The van der Waals surface area contributed by atoms with Crippen LogP contribution < -0.4 is 4.90 Å². The number of benzene rings is 1. The second-order valence-corrected chi connectivity index (χ2v) is 3.98. The third kappa shape index (κ3) is 2.93. The Morgan fingerprint density at radius 1 is 1.56 bits per heavy atom. The quantitative estimate of drug-likeness (QED) is 0.624. The number of rotatable bonds is 4. The number of aliphatic hydroxyl groups excluding tert-OH is 1. The van der Waals surface area contributed by atoms with E-state index in [1.165, 1.54) is 6.07 Å². The molecule has 5 heteroatoms. The van der Waals surface area contributed by atoms with Crippen LogP contribution in [0.25, 0.3) is 0 Å². The fourth-order valence-electron chi connectivity index (χ4n) is 1.60. The minimum absolute atomic E-state index is 0.0724. The van der Waals surface area contributed by atoms with Crippen LogP contribution in [-0.4, -0.2) is 29.7 Å². The Morgan fingerprint density at radius 2 is 2.19 bits per heavy atom. The van der Waals surface area contributed by atoms with Crippen molar-refractivity contribution in [1.29, 1.82) is 0 Å². The Kier molecular flexibility index (Phi) is 3.84. The van der Waals surface area contributed by atoms with E-state index in [-0.39, 0.29) is 5.69 Å². The third-order valence-electron chi connectivity index (χ3n) is 2.28. The highest BCUT2D eigenvalue weighted by Gasteiger charge is 2.17. The highest BCUT2D eigenvalue weighted by molar-refractivity contribution is 5.63. The smallest absolute Gasteiger partial charge is 0.292 e. The molecule has 0 aliphatic carbocycles. The summed E-state index contributed by atoms with van der Waals surface area (Å²) < 4.78 is 0. The van der Waals surface area contributed by atoms with E-state index in [2.05, 4.69) is 0 Å². The molecule has 88 valence electrons. The van der Waals surface area contributed by atoms with Crippen molar-refractivity contribution in [3.63, 3.8) is 0 Å². The molecule has 0 bridgehead atoms. The van der Waals surface area contributed by atoms with E-state index in [0.717, 1.165) is 5.56 Å². The molecule has 1 atom stereocenters. The molecule has 0 radical (unpaired) electrons. The standard InChI is InChI=1S/C11H16N2O3/c1-8-4-5-10(11(6-8)13(15)16)12(3)7-9(2)14/h4-6,9,14H,7H2,1-3H3. The maximum Gasteiger partial charge on any atom is 0.292 e. The largest absolute Gasteiger partial charge is 0.392 e. The van der Waals surface area contributed by atoms with Crippen LogP contribution in [0.4, 0.5) is 11.4 Å². The van der Waals surface area contributed by atoms with E-state index >= 15 is 0 Å². The van der Waals surface area contributed by atoms with Crippen molar-refractivity contribution in [2.75, 3.05) is 18.5 Å². The molecule has 5 nitrogen and oxygen atoms in total. The van der Waals surface area contributed by atoms with Gasteiger partial charge in [0.25, 0.3) is 5.69 Å². The summed E-state index contributed by atoms with van der Waals surface area (Å²) in [5.74, 6) is 0. The molecule has 0 amide bonds. The zero-order chi connectivity index (χ0) is 12.3. The Bertz CT molecular complexity index is 391. The molecule has 0 heterocycles. The molecule has 1 unspecified atom stereocenters. The molecule has 0 spiro atoms. The second kappa shape index (κ2) is 4.94. The molecule has 0 saturated heterocycles. The number of nitrogens with zero attached hydrogens (tertiary/aromatic N) is 2. The van der Waals surface area contributed by atoms with E-state index < -0.39 is 11.0 Å². The molecule has 0 fully saturated rings. The van der Waals surface area contributed by atoms with Crippen LogP contribution in [0.5, 0.6) is 0 Å². The molecule has 1 aromatic carbocycles. The summed E-state index contributed by atoms with van der Waals surface area (Å²) in [5, 5.41) is 20.1. The van der Waals surface area contributed by atoms with Crippen LogP contribution in [0.3, 0.4) is 0 Å². The lowest BCUT2D eigenvalue weighted by Gasteiger charge is -2.20. The van der Waals surface area contributed by atoms with E-state index in [9.17, 15) is 15.2 Å². The van der Waals surface area contributed by atoms with Gasteiger partial charge in [0.1, 0.15) is 5.69 Å². The van der Waals surface area contributed by atoms with Crippen molar-refractivity contribution in [1.82, 2.24) is 0 Å². The Labute approximate surface area is 94.5 Å². The number of hydrogen-bond acceptors (Lipinski definition) is 4. The van der Waals surface area contributed by atoms with E-state index in [4.69, 9.17) is 0 Å². The lowest BCUT2D eigenvalue weighted by molar-refractivity contribution is -0.384. The summed E-state index contributed by atoms with van der Waals surface area (Å²) in [7, 11) is 1.73. The average molecular weight is 224 g/mol. The molecular formula is C11H16N2O3. The number of nitro groups is 1. The molecule has 0 aromatic heterocycles. The fourth-order valence-corrected chi connectivity index (χ4v) is 1.60. The minimum Gasteiger partial charge on any atom is -0.392 e. The maximum absolute atomic E-state index is 10.9. The van der Waals surface area contributed by atoms with Crippen molar-refractivity contribution in [2.45, 2.75) is 20.0 Å². The molecule has 0 saturated carbocycles. The predicted octanol–water partition coefficient (Wildman–Crippen LogP) is 1.72. The molecule has 1 N–H and O–H groups in total. The van der Waals surface area contributed by atoms with Gasteiger partial charge in [0.05, 0.1) is 11.0 Å². The number of likely N-dealkylation sites (N-methyl/N-ethyl adjacent to an activating group) is 1. The molecule has 0 aliphatic rings. The third-order valence-corrected chi connectivity index (χ3v) is 2.28. The first-order valence-corrected chi connectivity index (χ1v) is 5.06. The predicted molar refractivity (Wildman–Crippen MR) is 62.8 cm³/mol. The van der Waals surface area contributed by atoms with Crippen molar-refractivity contribution in [2.24, 2.45) is 0 Å². The highest BCUT2D eigenvalue weighted by Crippen LogP contribution is 2.28. The van der Waals surface area contributed by atoms with Gasteiger partial charge in [0, 0.05) is 19.7 Å². The second-order valence-electron chi connectivity index (χ2n) is 3.98. The lowest BCUT2D eigenvalue weighted by Crippen LogP contribution is -2.27. The molecule has 16 heavy (non-hydrogen) atoms. The van der Waals surface area contributed by atoms with Gasteiger partial charge in [-0.3, -0.25) is 10.1 Å². The topological polar surface area (TPSA) is 66.6 Å². The van der Waals surface area contributed by atoms with Crippen LogP contribution in [0.1, 0.15) is 12.5 Å². The Balaban J connectivity index is 3.07. The van der Waals surface area contributed by atoms with Crippen LogP contribution >= 0.6 is 0 Å². The van der Waals surface area contributed by atoms with Gasteiger partial charge in [-0.1, -0.05) is 6.07 Å². The Hall–Kier alpha value is -1.62. The first-order chi connectivity index (χ1) is 7.41. The van der Waals surface area contributed by atoms with Crippen LogP contribution in [-0.2, 0) is 0 Å². The fraction of sp³-hybridized carbons (Fsp3) is 0.455. The molecule has 1 aromatic rings. The van der Waals surface area contributed by atoms with Gasteiger partial charge in [-0.15, -0.1) is 0 Å². The van der Waals surface area contributed by atoms with Gasteiger partial charge in [0.2, 0.25) is 0 Å². The van der Waals surface area contributed by atoms with E-state index in [1.54, 1.807) is 24.9 Å². The summed E-state index contributed by atoms with van der Waals surface area (Å²) in [6.45, 7) is 3.83. The van der Waals surface area contributed by atoms with Crippen LogP contribution in [0.2, 0.25) is 0 Å². The first kappa shape index (κ1) is 12.4. The van der Waals surface area contributed by atoms with Crippen molar-refractivity contribution in [3.8, 4) is 0 Å². The van der Waals surface area contributed by atoms with Crippen LogP contribution in [0.15, 0.2) is 18.2 Å². The summed E-state index contributed by atoms with van der Waals surface area (Å²) in [6, 6.07) is 5.06. The van der Waals surface area contributed by atoms with Crippen molar-refractivity contribution < 1.29 is 10.0 Å². The molecule has 0 aliphatic heterocycles. The van der Waals surface area contributed by atoms with Crippen molar-refractivity contribution >= 4 is 11.4 Å². The number of anilines is 1. The number of aliphatic hydroxyl groups is 1. The van der Waals surface area contributed by atoms with E-state index in [1.807, 2.05) is 13.0 Å². The summed E-state index contributed by atoms with van der Waals surface area (Å²) in [6.07, 6.45) is -0.522. The first-order valence-electron chi connectivity index (χ1n) is 5.06. The van der Waals surface area contributed by atoms with Gasteiger partial charge >= 0.3 is 0 Å². The zero-order valence-corrected chi connectivity index (χ0v) is 9.67. The monoisotopic (exact) mass is 224 g/mol. The molecular weight excluding hydrogens is 208 g/mol.